The minimum Gasteiger partial charge on any atom is -0.379 e. The van der Waals surface area contributed by atoms with Crippen molar-refractivity contribution in [3.05, 3.63) is 64.7 Å². The molecule has 2 aliphatic rings. The number of benzene rings is 2. The number of nitrogens with one attached hydrogen (secondary N) is 1. The smallest absolute Gasteiger partial charge is 0.0409 e. The first-order valence-corrected chi connectivity index (χ1v) is 9.70. The predicted octanol–water partition coefficient (Wildman–Crippen LogP) is 5.26. The highest BCUT2D eigenvalue weighted by Gasteiger charge is 2.40. The molecule has 1 fully saturated rings. The quantitative estimate of drug-likeness (QED) is 0.806. The van der Waals surface area contributed by atoms with Crippen LogP contribution in [-0.2, 0) is 6.54 Å². The van der Waals surface area contributed by atoms with Gasteiger partial charge in [-0.1, -0.05) is 55.0 Å². The number of anilines is 1. The van der Waals surface area contributed by atoms with Crippen LogP contribution in [0.3, 0.4) is 0 Å². The van der Waals surface area contributed by atoms with Gasteiger partial charge in [-0.2, -0.15) is 0 Å². The van der Waals surface area contributed by atoms with Gasteiger partial charge in [0.05, 0.1) is 0 Å². The molecular weight excluding hydrogens is 304 g/mol. The molecule has 2 heterocycles. The van der Waals surface area contributed by atoms with Gasteiger partial charge >= 0.3 is 0 Å². The molecule has 0 saturated carbocycles. The van der Waals surface area contributed by atoms with Crippen LogP contribution >= 0.6 is 0 Å². The first-order valence-electron chi connectivity index (χ1n) is 9.70. The van der Waals surface area contributed by atoms with Gasteiger partial charge < -0.3 is 5.32 Å². The average molecular weight is 335 g/mol. The zero-order chi connectivity index (χ0) is 17.4. The summed E-state index contributed by atoms with van der Waals surface area (Å²) in [7, 11) is 0. The Balaban J connectivity index is 1.48. The Morgan fingerprint density at radius 3 is 2.52 bits per heavy atom. The lowest BCUT2D eigenvalue weighted by molar-refractivity contribution is 0.154. The Kier molecular flexibility index (Phi) is 4.33. The van der Waals surface area contributed by atoms with Crippen LogP contribution in [0.1, 0.15) is 54.4 Å². The van der Waals surface area contributed by atoms with E-state index in [1.54, 1.807) is 0 Å². The number of hydrogen-bond acceptors (Lipinski definition) is 2. The van der Waals surface area contributed by atoms with Gasteiger partial charge in [0.2, 0.25) is 0 Å². The van der Waals surface area contributed by atoms with Gasteiger partial charge in [-0.05, 0) is 55.7 Å². The lowest BCUT2D eigenvalue weighted by atomic mass is 9.73. The van der Waals surface area contributed by atoms with Gasteiger partial charge in [-0.3, -0.25) is 4.90 Å². The second kappa shape index (κ2) is 6.49. The number of likely N-dealkylation sites (tertiary alicyclic amines) is 1. The number of fused-ring (bicyclic) bond motifs is 1. The molecule has 2 aromatic rings. The van der Waals surface area contributed by atoms with Crippen LogP contribution < -0.4 is 5.32 Å². The summed E-state index contributed by atoms with van der Waals surface area (Å²) in [6.45, 7) is 10.4. The highest BCUT2D eigenvalue weighted by Crippen LogP contribution is 2.45. The van der Waals surface area contributed by atoms with Crippen molar-refractivity contribution < 1.29 is 0 Å². The molecule has 1 atom stereocenters. The molecule has 25 heavy (non-hydrogen) atoms. The summed E-state index contributed by atoms with van der Waals surface area (Å²) in [5.41, 5.74) is 7.46. The van der Waals surface area contributed by atoms with Gasteiger partial charge in [0.1, 0.15) is 0 Å². The highest BCUT2D eigenvalue weighted by molar-refractivity contribution is 5.63. The van der Waals surface area contributed by atoms with E-state index in [0.29, 0.717) is 11.5 Å². The molecule has 4 rings (SSSR count). The summed E-state index contributed by atoms with van der Waals surface area (Å²) in [4.78, 5) is 2.62. The minimum absolute atomic E-state index is 0.291. The van der Waals surface area contributed by atoms with Crippen molar-refractivity contribution in [1.29, 1.82) is 0 Å². The Labute approximate surface area is 152 Å². The molecule has 2 aliphatic heterocycles. The lowest BCUT2D eigenvalue weighted by Crippen LogP contribution is -2.51. The van der Waals surface area contributed by atoms with Crippen molar-refractivity contribution in [3.63, 3.8) is 0 Å². The molecule has 0 bridgehead atoms. The number of piperidine rings is 1. The number of aryl methyl sites for hydroxylation is 2. The van der Waals surface area contributed by atoms with Gasteiger partial charge in [0.15, 0.2) is 0 Å². The van der Waals surface area contributed by atoms with Gasteiger partial charge in [-0.25, -0.2) is 0 Å². The monoisotopic (exact) mass is 334 g/mol. The average Bonchev–Trinajstić information content (AvgIpc) is 2.60. The molecule has 2 aromatic carbocycles. The third-order valence-electron chi connectivity index (χ3n) is 6.19. The van der Waals surface area contributed by atoms with E-state index in [9.17, 15) is 0 Å². The summed E-state index contributed by atoms with van der Waals surface area (Å²) in [5, 5.41) is 4.00. The van der Waals surface area contributed by atoms with E-state index < -0.39 is 0 Å². The second-order valence-electron chi connectivity index (χ2n) is 8.32. The van der Waals surface area contributed by atoms with Crippen LogP contribution in [0.5, 0.6) is 0 Å². The minimum atomic E-state index is 0.291. The molecule has 0 radical (unpaired) electrons. The fourth-order valence-electron chi connectivity index (χ4n) is 4.88. The lowest BCUT2D eigenvalue weighted by Gasteiger charge is -2.48. The Hall–Kier alpha value is -1.80. The van der Waals surface area contributed by atoms with Crippen molar-refractivity contribution in [2.75, 3.05) is 18.4 Å². The molecule has 132 valence electrons. The van der Waals surface area contributed by atoms with Crippen LogP contribution in [0.25, 0.3) is 0 Å². The van der Waals surface area contributed by atoms with Crippen molar-refractivity contribution in [3.8, 4) is 0 Å². The van der Waals surface area contributed by atoms with Crippen molar-refractivity contribution in [2.45, 2.75) is 58.0 Å². The molecule has 0 amide bonds. The summed E-state index contributed by atoms with van der Waals surface area (Å²) < 4.78 is 0. The summed E-state index contributed by atoms with van der Waals surface area (Å²) in [5.74, 6) is 0.649. The number of nitrogens with zero attached hydrogens (tertiary/aromatic N) is 1. The fraction of sp³-hybridized carbons (Fsp3) is 0.478. The largest absolute Gasteiger partial charge is 0.379 e. The van der Waals surface area contributed by atoms with Crippen molar-refractivity contribution >= 4 is 5.69 Å². The maximum Gasteiger partial charge on any atom is 0.0409 e. The van der Waals surface area contributed by atoms with E-state index in [1.807, 2.05) is 0 Å². The number of hydrogen-bond donors (Lipinski definition) is 1. The first-order chi connectivity index (χ1) is 12.0. The van der Waals surface area contributed by atoms with Crippen LogP contribution in [0.4, 0.5) is 5.69 Å². The Morgan fingerprint density at radius 2 is 1.80 bits per heavy atom. The number of rotatable bonds is 2. The predicted molar refractivity (Wildman–Crippen MR) is 106 cm³/mol. The molecule has 2 nitrogen and oxygen atoms in total. The topological polar surface area (TPSA) is 15.3 Å². The standard InChI is InChI=1S/C23H30N2/c1-17-13-18(2)22-21(14-17)19(3)15-23(24-22)9-11-25(12-10-23)16-20-7-5-4-6-8-20/h4-8,13-14,19,24H,9-12,15-16H2,1-3H3. The summed E-state index contributed by atoms with van der Waals surface area (Å²) in [6, 6.07) is 15.6. The van der Waals surface area contributed by atoms with E-state index in [4.69, 9.17) is 0 Å². The van der Waals surface area contributed by atoms with Gasteiger partial charge in [0, 0.05) is 30.9 Å². The van der Waals surface area contributed by atoms with Crippen LogP contribution in [0, 0.1) is 13.8 Å². The van der Waals surface area contributed by atoms with Crippen LogP contribution in [0.15, 0.2) is 42.5 Å². The maximum atomic E-state index is 4.00. The first kappa shape index (κ1) is 16.7. The molecule has 0 aromatic heterocycles. The Bertz CT molecular complexity index is 742. The second-order valence-corrected chi connectivity index (χ2v) is 8.32. The van der Waals surface area contributed by atoms with Crippen molar-refractivity contribution in [2.24, 2.45) is 0 Å². The maximum absolute atomic E-state index is 4.00. The normalized spacial score (nSPS) is 22.4. The molecule has 2 heteroatoms. The zero-order valence-electron chi connectivity index (χ0n) is 15.8. The van der Waals surface area contributed by atoms with E-state index in [1.165, 1.54) is 60.3 Å². The van der Waals surface area contributed by atoms with Gasteiger partial charge in [0.25, 0.3) is 0 Å². The van der Waals surface area contributed by atoms with E-state index in [-0.39, 0.29) is 0 Å². The zero-order valence-corrected chi connectivity index (χ0v) is 15.8. The van der Waals surface area contributed by atoms with Crippen LogP contribution in [0.2, 0.25) is 0 Å². The van der Waals surface area contributed by atoms with Crippen molar-refractivity contribution in [1.82, 2.24) is 4.90 Å². The summed E-state index contributed by atoms with van der Waals surface area (Å²) >= 11 is 0. The third-order valence-corrected chi connectivity index (χ3v) is 6.19. The van der Waals surface area contributed by atoms with Gasteiger partial charge in [-0.15, -0.1) is 0 Å². The summed E-state index contributed by atoms with van der Waals surface area (Å²) in [6.07, 6.45) is 3.76. The van der Waals surface area contributed by atoms with E-state index >= 15 is 0 Å². The fourth-order valence-corrected chi connectivity index (χ4v) is 4.88. The molecular formula is C23H30N2. The molecule has 1 unspecified atom stereocenters. The third kappa shape index (κ3) is 3.32. The molecule has 1 spiro atoms. The Morgan fingerprint density at radius 1 is 1.08 bits per heavy atom. The van der Waals surface area contributed by atoms with Crippen LogP contribution in [-0.4, -0.2) is 23.5 Å². The molecule has 1 N–H and O–H groups in total. The van der Waals surface area contributed by atoms with E-state index in [0.717, 1.165) is 6.54 Å². The molecule has 0 aliphatic carbocycles. The SMILES string of the molecule is Cc1cc(C)c2c(c1)C(C)CC1(CCN(Cc3ccccc3)CC1)N2. The van der Waals surface area contributed by atoms with E-state index in [2.05, 4.69) is 73.5 Å². The highest BCUT2D eigenvalue weighted by atomic mass is 15.2. The molecule has 1 saturated heterocycles.